The highest BCUT2D eigenvalue weighted by molar-refractivity contribution is 5.39. The highest BCUT2D eigenvalue weighted by atomic mass is 16.5. The Morgan fingerprint density at radius 2 is 2.17 bits per heavy atom. The quantitative estimate of drug-likeness (QED) is 0.735. The summed E-state index contributed by atoms with van der Waals surface area (Å²) in [6.45, 7) is 10.2. The Hall–Kier alpha value is -1.28. The number of rotatable bonds is 7. The first-order valence-corrected chi connectivity index (χ1v) is 6.77. The van der Waals surface area contributed by atoms with Gasteiger partial charge >= 0.3 is 0 Å². The molecule has 0 radical (unpaired) electrons. The van der Waals surface area contributed by atoms with Gasteiger partial charge in [-0.15, -0.1) is 0 Å². The first kappa shape index (κ1) is 14.8. The van der Waals surface area contributed by atoms with Crippen molar-refractivity contribution in [2.75, 3.05) is 13.2 Å². The number of benzene rings is 1. The fourth-order valence-corrected chi connectivity index (χ4v) is 1.84. The van der Waals surface area contributed by atoms with Gasteiger partial charge in [-0.1, -0.05) is 36.8 Å². The van der Waals surface area contributed by atoms with Gasteiger partial charge in [0.2, 0.25) is 0 Å². The molecule has 0 spiro atoms. The number of hydrogen-bond acceptors (Lipinski definition) is 2. The van der Waals surface area contributed by atoms with Gasteiger partial charge in [-0.3, -0.25) is 0 Å². The first-order chi connectivity index (χ1) is 8.69. The molecule has 2 nitrogen and oxygen atoms in total. The second-order valence-corrected chi connectivity index (χ2v) is 4.60. The predicted octanol–water partition coefficient (Wildman–Crippen LogP) is 4.01. The summed E-state index contributed by atoms with van der Waals surface area (Å²) in [4.78, 5) is 0. The largest absolute Gasteiger partial charge is 0.489 e. The normalized spacial score (nSPS) is 12.9. The summed E-state index contributed by atoms with van der Waals surface area (Å²) >= 11 is 0. The molecule has 1 aromatic carbocycles. The van der Waals surface area contributed by atoms with E-state index in [4.69, 9.17) is 4.74 Å². The maximum Gasteiger partial charge on any atom is 0.124 e. The van der Waals surface area contributed by atoms with E-state index >= 15 is 0 Å². The molecule has 1 aromatic rings. The van der Waals surface area contributed by atoms with Crippen molar-refractivity contribution >= 4 is 0 Å². The molecule has 0 saturated carbocycles. The van der Waals surface area contributed by atoms with Gasteiger partial charge in [0.25, 0.3) is 0 Å². The molecule has 0 saturated heterocycles. The molecule has 2 heteroatoms. The van der Waals surface area contributed by atoms with Crippen LogP contribution in [0.5, 0.6) is 5.75 Å². The summed E-state index contributed by atoms with van der Waals surface area (Å²) in [7, 11) is 0. The highest BCUT2D eigenvalue weighted by Gasteiger charge is 2.11. The van der Waals surface area contributed by atoms with Crippen molar-refractivity contribution in [3.63, 3.8) is 0 Å². The first-order valence-electron chi connectivity index (χ1n) is 6.77. The third-order valence-electron chi connectivity index (χ3n) is 2.90. The van der Waals surface area contributed by atoms with E-state index in [1.165, 1.54) is 11.1 Å². The van der Waals surface area contributed by atoms with Gasteiger partial charge in [0, 0.05) is 11.6 Å². The van der Waals surface area contributed by atoms with Crippen molar-refractivity contribution < 1.29 is 4.74 Å². The van der Waals surface area contributed by atoms with Crippen molar-refractivity contribution in [2.24, 2.45) is 0 Å². The molecule has 0 aliphatic carbocycles. The molecule has 1 rings (SSSR count). The Balaban J connectivity index is 2.81. The molecule has 0 aliphatic rings. The van der Waals surface area contributed by atoms with Crippen molar-refractivity contribution in [3.8, 4) is 5.75 Å². The third-order valence-corrected chi connectivity index (χ3v) is 2.90. The van der Waals surface area contributed by atoms with Crippen LogP contribution in [-0.2, 0) is 0 Å². The van der Waals surface area contributed by atoms with Crippen molar-refractivity contribution in [3.05, 3.63) is 41.5 Å². The maximum atomic E-state index is 5.81. The maximum absolute atomic E-state index is 5.81. The van der Waals surface area contributed by atoms with E-state index in [9.17, 15) is 0 Å². The minimum atomic E-state index is 0.324. The molecule has 1 unspecified atom stereocenters. The number of ether oxygens (including phenoxy) is 1. The van der Waals surface area contributed by atoms with E-state index in [0.29, 0.717) is 12.6 Å². The van der Waals surface area contributed by atoms with E-state index in [1.54, 1.807) is 0 Å². The van der Waals surface area contributed by atoms with Gasteiger partial charge in [-0.2, -0.15) is 0 Å². The van der Waals surface area contributed by atoms with Crippen molar-refractivity contribution in [1.29, 1.82) is 0 Å². The Kier molecular flexibility index (Phi) is 6.51. The molecule has 0 bridgehead atoms. The Bertz CT molecular complexity index is 385. The van der Waals surface area contributed by atoms with Crippen LogP contribution in [0.3, 0.4) is 0 Å². The zero-order chi connectivity index (χ0) is 13.4. The highest BCUT2D eigenvalue weighted by Crippen LogP contribution is 2.26. The van der Waals surface area contributed by atoms with Crippen LogP contribution in [0.2, 0.25) is 0 Å². The molecule has 0 amide bonds. The minimum Gasteiger partial charge on any atom is -0.489 e. The van der Waals surface area contributed by atoms with Crippen LogP contribution >= 0.6 is 0 Å². The van der Waals surface area contributed by atoms with Crippen LogP contribution in [0.15, 0.2) is 30.4 Å². The molecule has 1 atom stereocenters. The van der Waals surface area contributed by atoms with Gasteiger partial charge in [0.15, 0.2) is 0 Å². The van der Waals surface area contributed by atoms with Crippen LogP contribution in [0.4, 0.5) is 0 Å². The molecular weight excluding hydrogens is 222 g/mol. The van der Waals surface area contributed by atoms with Gasteiger partial charge < -0.3 is 10.1 Å². The average Bonchev–Trinajstić information content (AvgIpc) is 2.38. The monoisotopic (exact) mass is 247 g/mol. The number of aryl methyl sites for hydroxylation is 1. The van der Waals surface area contributed by atoms with Crippen LogP contribution in [-0.4, -0.2) is 13.2 Å². The molecule has 0 aliphatic heterocycles. The average molecular weight is 247 g/mol. The molecule has 1 N–H and O–H groups in total. The Labute approximate surface area is 111 Å². The molecule has 0 fully saturated rings. The molecule has 0 aromatic heterocycles. The summed E-state index contributed by atoms with van der Waals surface area (Å²) in [6.07, 6.45) is 5.17. The zero-order valence-electron chi connectivity index (χ0n) is 12.0. The lowest BCUT2D eigenvalue weighted by Crippen LogP contribution is -2.20. The van der Waals surface area contributed by atoms with Crippen LogP contribution in [0.1, 0.15) is 44.4 Å². The summed E-state index contributed by atoms with van der Waals surface area (Å²) in [5.41, 5.74) is 2.52. The van der Waals surface area contributed by atoms with E-state index in [0.717, 1.165) is 18.7 Å². The topological polar surface area (TPSA) is 21.3 Å². The summed E-state index contributed by atoms with van der Waals surface area (Å²) in [5.74, 6) is 0.981. The minimum absolute atomic E-state index is 0.324. The summed E-state index contributed by atoms with van der Waals surface area (Å²) in [5, 5.41) is 3.51. The van der Waals surface area contributed by atoms with Gasteiger partial charge in [-0.05, 0) is 39.8 Å². The van der Waals surface area contributed by atoms with Gasteiger partial charge in [0.1, 0.15) is 12.4 Å². The van der Waals surface area contributed by atoms with E-state index < -0.39 is 0 Å². The number of hydrogen-bond donors (Lipinski definition) is 1. The summed E-state index contributed by atoms with van der Waals surface area (Å²) in [6, 6.07) is 6.70. The lowest BCUT2D eigenvalue weighted by atomic mass is 10.0. The van der Waals surface area contributed by atoms with E-state index in [2.05, 4.69) is 44.3 Å². The lowest BCUT2D eigenvalue weighted by Gasteiger charge is -2.18. The smallest absolute Gasteiger partial charge is 0.124 e. The molecule has 0 heterocycles. The fourth-order valence-electron chi connectivity index (χ4n) is 1.84. The second-order valence-electron chi connectivity index (χ2n) is 4.60. The van der Waals surface area contributed by atoms with Crippen LogP contribution in [0.25, 0.3) is 0 Å². The van der Waals surface area contributed by atoms with Gasteiger partial charge in [0.05, 0.1) is 0 Å². The molecule has 100 valence electrons. The SMILES string of the molecule is C/C=C/COc1ccc(C)cc1C(C)NCCC. The number of nitrogens with one attached hydrogen (secondary N) is 1. The van der Waals surface area contributed by atoms with E-state index in [-0.39, 0.29) is 0 Å². The fraction of sp³-hybridized carbons (Fsp3) is 0.500. The van der Waals surface area contributed by atoms with E-state index in [1.807, 2.05) is 19.1 Å². The van der Waals surface area contributed by atoms with Crippen LogP contribution < -0.4 is 10.1 Å². The molecule has 18 heavy (non-hydrogen) atoms. The Morgan fingerprint density at radius 1 is 1.39 bits per heavy atom. The Morgan fingerprint density at radius 3 is 2.83 bits per heavy atom. The lowest BCUT2D eigenvalue weighted by molar-refractivity contribution is 0.353. The van der Waals surface area contributed by atoms with Crippen molar-refractivity contribution in [2.45, 2.75) is 40.2 Å². The second kappa shape index (κ2) is 7.93. The summed E-state index contributed by atoms with van der Waals surface area (Å²) < 4.78 is 5.81. The number of allylic oxidation sites excluding steroid dienone is 1. The molecular formula is C16H25NO. The zero-order valence-corrected chi connectivity index (χ0v) is 12.0. The van der Waals surface area contributed by atoms with Crippen molar-refractivity contribution in [1.82, 2.24) is 5.32 Å². The third kappa shape index (κ3) is 4.53. The van der Waals surface area contributed by atoms with Crippen LogP contribution in [0, 0.1) is 6.92 Å². The standard InChI is InChI=1S/C16H25NO/c1-5-7-11-18-16-9-8-13(3)12-15(16)14(4)17-10-6-2/h5,7-9,12,14,17H,6,10-11H2,1-4H3/b7-5+. The predicted molar refractivity (Wildman–Crippen MR) is 78.2 cm³/mol. The van der Waals surface area contributed by atoms with Gasteiger partial charge in [-0.25, -0.2) is 0 Å².